The molecule has 18 heavy (non-hydrogen) atoms. The first-order valence-corrected chi connectivity index (χ1v) is 10.0. The van der Waals surface area contributed by atoms with Crippen LogP contribution in [-0.4, -0.2) is 23.3 Å². The van der Waals surface area contributed by atoms with Gasteiger partial charge in [0.2, 0.25) is 0 Å². The van der Waals surface area contributed by atoms with Crippen molar-refractivity contribution in [2.75, 3.05) is 12.3 Å². The molecular weight excluding hydrogens is 243 g/mol. The highest BCUT2D eigenvalue weighted by Gasteiger charge is 2.38. The van der Waals surface area contributed by atoms with Crippen molar-refractivity contribution in [3.63, 3.8) is 0 Å². The molecule has 2 nitrogen and oxygen atoms in total. The van der Waals surface area contributed by atoms with Gasteiger partial charge >= 0.3 is 0 Å². The zero-order valence-corrected chi connectivity index (χ0v) is 13.1. The summed E-state index contributed by atoms with van der Waals surface area (Å²) in [7, 11) is -2.25. The number of aliphatic hydroxyl groups excluding tert-OH is 1. The summed E-state index contributed by atoms with van der Waals surface area (Å²) in [5.41, 5.74) is 0. The molecule has 0 amide bonds. The number of unbranched alkanes of at least 4 members (excludes halogenated alkanes) is 4. The first-order chi connectivity index (χ1) is 8.62. The van der Waals surface area contributed by atoms with Gasteiger partial charge < -0.3 is 9.67 Å². The highest BCUT2D eigenvalue weighted by atomic mass is 31.2. The molecule has 0 bridgehead atoms. The molecule has 3 heteroatoms. The molecule has 1 N–H and O–H groups in total. The fourth-order valence-electron chi connectivity index (χ4n) is 3.01. The van der Waals surface area contributed by atoms with Crippen LogP contribution in [0.2, 0.25) is 0 Å². The monoisotopic (exact) mass is 274 g/mol. The van der Waals surface area contributed by atoms with E-state index in [1.165, 1.54) is 32.1 Å². The molecule has 0 aliphatic carbocycles. The predicted molar refractivity (Wildman–Crippen MR) is 79.7 cm³/mol. The van der Waals surface area contributed by atoms with Crippen LogP contribution in [0, 0.1) is 5.92 Å². The standard InChI is InChI=1S/C15H31O2P/c1-3-5-7-8-9-14-11-12-18(17,13-14)15(16)10-6-4-2/h14-16H,3-13H2,1-2H3. The topological polar surface area (TPSA) is 37.3 Å². The van der Waals surface area contributed by atoms with Crippen molar-refractivity contribution in [1.29, 1.82) is 0 Å². The molecule has 0 aromatic heterocycles. The maximum absolute atomic E-state index is 12.7. The lowest BCUT2D eigenvalue weighted by Crippen LogP contribution is -2.10. The summed E-state index contributed by atoms with van der Waals surface area (Å²) in [4.78, 5) is 0. The van der Waals surface area contributed by atoms with E-state index in [0.29, 0.717) is 5.92 Å². The van der Waals surface area contributed by atoms with Gasteiger partial charge in [0, 0.05) is 12.3 Å². The smallest absolute Gasteiger partial charge is 0.115 e. The average Bonchev–Trinajstić information content (AvgIpc) is 2.75. The first-order valence-electron chi connectivity index (χ1n) is 7.88. The van der Waals surface area contributed by atoms with Crippen molar-refractivity contribution in [2.45, 2.75) is 77.5 Å². The fourth-order valence-corrected chi connectivity index (χ4v) is 6.43. The Labute approximate surface area is 113 Å². The van der Waals surface area contributed by atoms with E-state index in [2.05, 4.69) is 13.8 Å². The van der Waals surface area contributed by atoms with Crippen molar-refractivity contribution in [3.05, 3.63) is 0 Å². The second-order valence-electron chi connectivity index (χ2n) is 5.99. The minimum atomic E-state index is -2.25. The SMILES string of the molecule is CCCCCCC1CCP(=O)(C(O)CCCC)C1. The van der Waals surface area contributed by atoms with Crippen molar-refractivity contribution in [3.8, 4) is 0 Å². The molecule has 1 aliphatic heterocycles. The van der Waals surface area contributed by atoms with Crippen LogP contribution >= 0.6 is 7.14 Å². The number of hydrogen-bond donors (Lipinski definition) is 1. The summed E-state index contributed by atoms with van der Waals surface area (Å²) in [6.45, 7) is 4.35. The third kappa shape index (κ3) is 5.05. The fraction of sp³-hybridized carbons (Fsp3) is 1.00. The number of hydrogen-bond acceptors (Lipinski definition) is 2. The zero-order valence-electron chi connectivity index (χ0n) is 12.2. The molecule has 1 heterocycles. The molecule has 3 atom stereocenters. The lowest BCUT2D eigenvalue weighted by molar-refractivity contribution is 0.233. The molecule has 0 radical (unpaired) electrons. The second-order valence-corrected chi connectivity index (χ2v) is 9.30. The Balaban J connectivity index is 2.27. The van der Waals surface area contributed by atoms with Gasteiger partial charge in [0.25, 0.3) is 0 Å². The number of aliphatic hydroxyl groups is 1. The van der Waals surface area contributed by atoms with Gasteiger partial charge in [-0.1, -0.05) is 52.4 Å². The summed E-state index contributed by atoms with van der Waals surface area (Å²) < 4.78 is 12.7. The van der Waals surface area contributed by atoms with Gasteiger partial charge in [-0.2, -0.15) is 0 Å². The Morgan fingerprint density at radius 2 is 1.89 bits per heavy atom. The van der Waals surface area contributed by atoms with Crippen LogP contribution in [-0.2, 0) is 4.57 Å². The molecule has 3 unspecified atom stereocenters. The van der Waals surface area contributed by atoms with E-state index < -0.39 is 13.0 Å². The van der Waals surface area contributed by atoms with Crippen LogP contribution < -0.4 is 0 Å². The summed E-state index contributed by atoms with van der Waals surface area (Å²) >= 11 is 0. The molecule has 0 spiro atoms. The van der Waals surface area contributed by atoms with Gasteiger partial charge in [-0.25, -0.2) is 0 Å². The third-order valence-electron chi connectivity index (χ3n) is 4.31. The van der Waals surface area contributed by atoms with Crippen molar-refractivity contribution >= 4 is 7.14 Å². The average molecular weight is 274 g/mol. The highest BCUT2D eigenvalue weighted by Crippen LogP contribution is 2.59. The molecule has 108 valence electrons. The summed E-state index contributed by atoms with van der Waals surface area (Å²) in [5, 5.41) is 10.1. The van der Waals surface area contributed by atoms with Crippen LogP contribution in [0.4, 0.5) is 0 Å². The van der Waals surface area contributed by atoms with Gasteiger partial charge in [0.05, 0.1) is 0 Å². The molecule has 1 saturated heterocycles. The molecule has 1 rings (SSSR count). The highest BCUT2D eigenvalue weighted by molar-refractivity contribution is 7.64. The van der Waals surface area contributed by atoms with E-state index in [0.717, 1.165) is 38.0 Å². The second kappa shape index (κ2) is 8.38. The Hall–Kier alpha value is 0.190. The molecule has 0 aromatic rings. The van der Waals surface area contributed by atoms with E-state index in [1.807, 2.05) is 0 Å². The van der Waals surface area contributed by atoms with E-state index >= 15 is 0 Å². The molecule has 0 saturated carbocycles. The van der Waals surface area contributed by atoms with Gasteiger partial charge in [0.15, 0.2) is 0 Å². The van der Waals surface area contributed by atoms with Gasteiger partial charge in [-0.3, -0.25) is 0 Å². The number of rotatable bonds is 9. The summed E-state index contributed by atoms with van der Waals surface area (Å²) in [6, 6.07) is 0. The Kier molecular flexibility index (Phi) is 7.56. The summed E-state index contributed by atoms with van der Waals surface area (Å²) in [6.07, 6.45) is 12.0. The minimum absolute atomic E-state index is 0.502. The minimum Gasteiger partial charge on any atom is -0.385 e. The third-order valence-corrected chi connectivity index (χ3v) is 7.80. The normalized spacial score (nSPS) is 29.6. The zero-order chi connectivity index (χ0) is 13.4. The van der Waals surface area contributed by atoms with Gasteiger partial charge in [-0.05, 0) is 25.2 Å². The Morgan fingerprint density at radius 3 is 2.56 bits per heavy atom. The van der Waals surface area contributed by atoms with Gasteiger partial charge in [-0.15, -0.1) is 0 Å². The largest absolute Gasteiger partial charge is 0.385 e. The van der Waals surface area contributed by atoms with E-state index in [4.69, 9.17) is 0 Å². The van der Waals surface area contributed by atoms with Crippen molar-refractivity contribution in [1.82, 2.24) is 0 Å². The van der Waals surface area contributed by atoms with Crippen LogP contribution in [0.15, 0.2) is 0 Å². The van der Waals surface area contributed by atoms with Crippen molar-refractivity contribution < 1.29 is 9.67 Å². The molecule has 0 aromatic carbocycles. The van der Waals surface area contributed by atoms with Crippen LogP contribution in [0.3, 0.4) is 0 Å². The van der Waals surface area contributed by atoms with E-state index in [1.54, 1.807) is 0 Å². The predicted octanol–water partition coefficient (Wildman–Crippen LogP) is 4.85. The van der Waals surface area contributed by atoms with Crippen LogP contribution in [0.1, 0.15) is 71.6 Å². The van der Waals surface area contributed by atoms with Crippen LogP contribution in [0.25, 0.3) is 0 Å². The first kappa shape index (κ1) is 16.2. The Bertz CT molecular complexity index is 265. The summed E-state index contributed by atoms with van der Waals surface area (Å²) in [5.74, 6) is 0.127. The lowest BCUT2D eigenvalue weighted by atomic mass is 10.0. The maximum Gasteiger partial charge on any atom is 0.115 e. The van der Waals surface area contributed by atoms with Crippen molar-refractivity contribution in [2.24, 2.45) is 5.92 Å². The quantitative estimate of drug-likeness (QED) is 0.482. The lowest BCUT2D eigenvalue weighted by Gasteiger charge is -2.19. The maximum atomic E-state index is 12.7. The Morgan fingerprint density at radius 1 is 1.17 bits per heavy atom. The molecule has 1 fully saturated rings. The van der Waals surface area contributed by atoms with E-state index in [9.17, 15) is 9.67 Å². The van der Waals surface area contributed by atoms with E-state index in [-0.39, 0.29) is 0 Å². The molecule has 1 aliphatic rings. The van der Waals surface area contributed by atoms with Crippen LogP contribution in [0.5, 0.6) is 0 Å². The van der Waals surface area contributed by atoms with Gasteiger partial charge in [0.1, 0.15) is 13.0 Å². The molecular formula is C15H31O2P.